The van der Waals surface area contributed by atoms with Crippen molar-refractivity contribution in [1.29, 1.82) is 0 Å². The van der Waals surface area contributed by atoms with E-state index in [2.05, 4.69) is 4.90 Å². The van der Waals surface area contributed by atoms with E-state index in [1.165, 1.54) is 12.1 Å². The molecule has 1 amide bonds. The van der Waals surface area contributed by atoms with Gasteiger partial charge >= 0.3 is 0 Å². The van der Waals surface area contributed by atoms with Gasteiger partial charge in [0.05, 0.1) is 6.10 Å². The summed E-state index contributed by atoms with van der Waals surface area (Å²) >= 11 is 0. The molecule has 0 aliphatic carbocycles. The molecule has 136 valence electrons. The predicted molar refractivity (Wildman–Crippen MR) is 88.8 cm³/mol. The van der Waals surface area contributed by atoms with Gasteiger partial charge in [-0.25, -0.2) is 8.78 Å². The number of hydrogen-bond donors (Lipinski definition) is 0. The fourth-order valence-corrected chi connectivity index (χ4v) is 4.33. The van der Waals surface area contributed by atoms with E-state index < -0.39 is 11.6 Å². The van der Waals surface area contributed by atoms with E-state index in [-0.39, 0.29) is 18.1 Å². The van der Waals surface area contributed by atoms with E-state index in [0.717, 1.165) is 57.4 Å². The lowest BCUT2D eigenvalue weighted by atomic mass is 9.91. The second kappa shape index (κ2) is 7.00. The fraction of sp³-hybridized carbons (Fsp3) is 0.632. The molecule has 0 spiro atoms. The van der Waals surface area contributed by atoms with Crippen molar-refractivity contribution >= 4 is 5.91 Å². The van der Waals surface area contributed by atoms with Crippen molar-refractivity contribution in [3.8, 4) is 0 Å². The zero-order valence-corrected chi connectivity index (χ0v) is 14.3. The Balaban J connectivity index is 1.35. The SMILES string of the molecule is O=C([C@@H]1C[C@H]2CCN(Cc3ccc(F)c(F)c3)C[C@@H]2O1)N1CCCC1. The lowest BCUT2D eigenvalue weighted by Crippen LogP contribution is -2.42. The molecule has 0 aromatic heterocycles. The first-order valence-electron chi connectivity index (χ1n) is 9.20. The van der Waals surface area contributed by atoms with E-state index in [1.807, 2.05) is 4.90 Å². The van der Waals surface area contributed by atoms with Crippen LogP contribution in [0.1, 0.15) is 31.2 Å². The summed E-state index contributed by atoms with van der Waals surface area (Å²) in [5, 5.41) is 0. The number of nitrogens with zero attached hydrogens (tertiary/aromatic N) is 2. The molecule has 3 fully saturated rings. The number of benzene rings is 1. The van der Waals surface area contributed by atoms with Gasteiger partial charge in [0.1, 0.15) is 6.10 Å². The maximum atomic E-state index is 13.4. The Morgan fingerprint density at radius 3 is 2.72 bits per heavy atom. The molecule has 25 heavy (non-hydrogen) atoms. The zero-order chi connectivity index (χ0) is 17.4. The molecule has 0 unspecified atom stereocenters. The van der Waals surface area contributed by atoms with Crippen molar-refractivity contribution in [2.75, 3.05) is 26.2 Å². The van der Waals surface area contributed by atoms with E-state index >= 15 is 0 Å². The van der Waals surface area contributed by atoms with Crippen molar-refractivity contribution in [2.24, 2.45) is 5.92 Å². The molecule has 3 aliphatic heterocycles. The van der Waals surface area contributed by atoms with E-state index in [0.29, 0.717) is 12.5 Å². The molecular formula is C19H24F2N2O2. The van der Waals surface area contributed by atoms with Crippen LogP contribution in [0, 0.1) is 17.6 Å². The first-order chi connectivity index (χ1) is 12.1. The predicted octanol–water partition coefficient (Wildman–Crippen LogP) is 2.57. The third-order valence-corrected chi connectivity index (χ3v) is 5.72. The van der Waals surface area contributed by atoms with Crippen LogP contribution < -0.4 is 0 Å². The minimum atomic E-state index is -0.815. The van der Waals surface area contributed by atoms with Gasteiger partial charge in [-0.05, 0) is 55.8 Å². The first-order valence-corrected chi connectivity index (χ1v) is 9.20. The zero-order valence-electron chi connectivity index (χ0n) is 14.3. The molecule has 3 heterocycles. The van der Waals surface area contributed by atoms with E-state index in [1.54, 1.807) is 6.07 Å². The summed E-state index contributed by atoms with van der Waals surface area (Å²) in [4.78, 5) is 16.7. The molecule has 6 heteroatoms. The molecule has 0 bridgehead atoms. The Morgan fingerprint density at radius 1 is 1.16 bits per heavy atom. The lowest BCUT2D eigenvalue weighted by Gasteiger charge is -2.34. The summed E-state index contributed by atoms with van der Waals surface area (Å²) < 4.78 is 32.5. The topological polar surface area (TPSA) is 32.8 Å². The maximum absolute atomic E-state index is 13.4. The second-order valence-corrected chi connectivity index (χ2v) is 7.46. The molecule has 1 aromatic rings. The Bertz CT molecular complexity index is 648. The largest absolute Gasteiger partial charge is 0.364 e. The van der Waals surface area contributed by atoms with Crippen LogP contribution in [0.2, 0.25) is 0 Å². The Kier molecular flexibility index (Phi) is 4.73. The molecule has 0 N–H and O–H groups in total. The molecule has 4 rings (SSSR count). The molecule has 1 aromatic carbocycles. The van der Waals surface area contributed by atoms with Gasteiger partial charge < -0.3 is 9.64 Å². The maximum Gasteiger partial charge on any atom is 0.251 e. The molecule has 3 aliphatic rings. The smallest absolute Gasteiger partial charge is 0.251 e. The van der Waals surface area contributed by atoms with E-state index in [4.69, 9.17) is 4.74 Å². The Morgan fingerprint density at radius 2 is 1.96 bits per heavy atom. The van der Waals surface area contributed by atoms with Crippen molar-refractivity contribution in [2.45, 2.75) is 44.4 Å². The lowest BCUT2D eigenvalue weighted by molar-refractivity contribution is -0.142. The van der Waals surface area contributed by atoms with Crippen LogP contribution in [0.3, 0.4) is 0 Å². The summed E-state index contributed by atoms with van der Waals surface area (Å²) in [6.45, 7) is 3.93. The molecule has 3 saturated heterocycles. The summed E-state index contributed by atoms with van der Waals surface area (Å²) in [5.41, 5.74) is 0.764. The number of piperidine rings is 1. The highest BCUT2D eigenvalue weighted by Crippen LogP contribution is 2.34. The second-order valence-electron chi connectivity index (χ2n) is 7.46. The Hall–Kier alpha value is -1.53. The van der Waals surface area contributed by atoms with Crippen LogP contribution in [-0.2, 0) is 16.1 Å². The van der Waals surface area contributed by atoms with Gasteiger partial charge in [0.2, 0.25) is 0 Å². The number of carbonyl (C=O) groups is 1. The number of hydrogen-bond acceptors (Lipinski definition) is 3. The van der Waals surface area contributed by atoms with Crippen molar-refractivity contribution in [1.82, 2.24) is 9.80 Å². The van der Waals surface area contributed by atoms with Gasteiger partial charge in [-0.3, -0.25) is 9.69 Å². The summed E-state index contributed by atoms with van der Waals surface area (Å²) in [7, 11) is 0. The molecule has 0 saturated carbocycles. The third-order valence-electron chi connectivity index (χ3n) is 5.72. The number of carbonyl (C=O) groups excluding carboxylic acids is 1. The number of likely N-dealkylation sites (tertiary alicyclic amines) is 2. The van der Waals surface area contributed by atoms with Crippen LogP contribution in [0.4, 0.5) is 8.78 Å². The number of rotatable bonds is 3. The van der Waals surface area contributed by atoms with Gasteiger partial charge in [0.15, 0.2) is 11.6 Å². The molecular weight excluding hydrogens is 326 g/mol. The minimum Gasteiger partial charge on any atom is -0.364 e. The summed E-state index contributed by atoms with van der Waals surface area (Å²) in [6, 6.07) is 4.06. The van der Waals surface area contributed by atoms with Gasteiger partial charge in [0.25, 0.3) is 5.91 Å². The average molecular weight is 350 g/mol. The average Bonchev–Trinajstić information content (AvgIpc) is 3.26. The summed E-state index contributed by atoms with van der Waals surface area (Å²) in [6.07, 6.45) is 3.75. The van der Waals surface area contributed by atoms with E-state index in [9.17, 15) is 13.6 Å². The quantitative estimate of drug-likeness (QED) is 0.840. The van der Waals surface area contributed by atoms with Crippen LogP contribution in [0.5, 0.6) is 0 Å². The molecule has 0 radical (unpaired) electrons. The molecule has 4 nitrogen and oxygen atoms in total. The van der Waals surface area contributed by atoms with Crippen LogP contribution in [-0.4, -0.2) is 54.1 Å². The summed E-state index contributed by atoms with van der Waals surface area (Å²) in [5.74, 6) is -1.04. The van der Waals surface area contributed by atoms with Gasteiger partial charge in [-0.15, -0.1) is 0 Å². The standard InChI is InChI=1S/C19H24F2N2O2/c20-15-4-3-13(9-16(15)21)11-22-8-5-14-10-17(25-18(14)12-22)19(24)23-6-1-2-7-23/h3-4,9,14,17-18H,1-2,5-8,10-12H2/t14-,17+,18+/m1/s1. The number of halogens is 2. The highest BCUT2D eigenvalue weighted by molar-refractivity contribution is 5.81. The fourth-order valence-electron chi connectivity index (χ4n) is 4.33. The molecule has 3 atom stereocenters. The van der Waals surface area contributed by atoms with Gasteiger partial charge in [-0.2, -0.15) is 0 Å². The van der Waals surface area contributed by atoms with Crippen LogP contribution in [0.25, 0.3) is 0 Å². The van der Waals surface area contributed by atoms with Crippen molar-refractivity contribution < 1.29 is 18.3 Å². The van der Waals surface area contributed by atoms with Crippen LogP contribution in [0.15, 0.2) is 18.2 Å². The number of ether oxygens (including phenoxy) is 1. The van der Waals surface area contributed by atoms with Gasteiger partial charge in [-0.1, -0.05) is 6.07 Å². The number of amides is 1. The highest BCUT2D eigenvalue weighted by Gasteiger charge is 2.43. The van der Waals surface area contributed by atoms with Crippen molar-refractivity contribution in [3.05, 3.63) is 35.4 Å². The first kappa shape index (κ1) is 16.9. The third kappa shape index (κ3) is 3.55. The minimum absolute atomic E-state index is 0.0654. The monoisotopic (exact) mass is 350 g/mol. The van der Waals surface area contributed by atoms with Gasteiger partial charge in [0, 0.05) is 26.2 Å². The number of fused-ring (bicyclic) bond motifs is 1. The van der Waals surface area contributed by atoms with Crippen molar-refractivity contribution in [3.63, 3.8) is 0 Å². The Labute approximate surface area is 146 Å². The highest BCUT2D eigenvalue weighted by atomic mass is 19.2. The van der Waals surface area contributed by atoms with Crippen LogP contribution >= 0.6 is 0 Å². The normalized spacial score (nSPS) is 29.8.